The van der Waals surface area contributed by atoms with Gasteiger partial charge in [-0.25, -0.2) is 0 Å². The van der Waals surface area contributed by atoms with E-state index < -0.39 is 0 Å². The number of non-ortho nitro benzene ring substituents is 1. The number of hydrogen-bond donors (Lipinski definition) is 1. The molecule has 19 heavy (non-hydrogen) atoms. The number of fused-ring (bicyclic) bond motifs is 1. The summed E-state index contributed by atoms with van der Waals surface area (Å²) in [6.07, 6.45) is 3.62. The standard InChI is InChI=1S/C14H16N2O3/c15-13-12-7-10(16(18)19)2-1-9(12)8-14(13)5-3-11(17)4-6-14/h1-2,7,13H,3-6,8,15H2. The molecule has 0 radical (unpaired) electrons. The van der Waals surface area contributed by atoms with E-state index in [9.17, 15) is 14.9 Å². The lowest BCUT2D eigenvalue weighted by Crippen LogP contribution is -2.35. The highest BCUT2D eigenvalue weighted by atomic mass is 16.6. The van der Waals surface area contributed by atoms with Crippen LogP contribution in [0.3, 0.4) is 0 Å². The van der Waals surface area contributed by atoms with Gasteiger partial charge in [-0.05, 0) is 35.8 Å². The van der Waals surface area contributed by atoms with Crippen molar-refractivity contribution in [1.29, 1.82) is 0 Å². The molecule has 1 aromatic rings. The number of nitrogens with zero attached hydrogens (tertiary/aromatic N) is 1. The van der Waals surface area contributed by atoms with Crippen molar-refractivity contribution in [3.63, 3.8) is 0 Å². The highest BCUT2D eigenvalue weighted by Crippen LogP contribution is 2.52. The third kappa shape index (κ3) is 1.85. The second-order valence-electron chi connectivity index (χ2n) is 5.70. The normalized spacial score (nSPS) is 24.5. The predicted molar refractivity (Wildman–Crippen MR) is 69.6 cm³/mol. The zero-order chi connectivity index (χ0) is 13.6. The van der Waals surface area contributed by atoms with Crippen LogP contribution in [0.4, 0.5) is 5.69 Å². The van der Waals surface area contributed by atoms with Gasteiger partial charge >= 0.3 is 0 Å². The fraction of sp³-hybridized carbons (Fsp3) is 0.500. The van der Waals surface area contributed by atoms with Crippen molar-refractivity contribution in [2.75, 3.05) is 0 Å². The number of Topliss-reactive ketones (excluding diaryl/α,β-unsaturated/α-hetero) is 1. The van der Waals surface area contributed by atoms with Crippen LogP contribution in [0.25, 0.3) is 0 Å². The van der Waals surface area contributed by atoms with Gasteiger partial charge in [-0.2, -0.15) is 0 Å². The Labute approximate surface area is 110 Å². The summed E-state index contributed by atoms with van der Waals surface area (Å²) >= 11 is 0. The van der Waals surface area contributed by atoms with Crippen molar-refractivity contribution in [3.8, 4) is 0 Å². The third-order valence-corrected chi connectivity index (χ3v) is 4.68. The average Bonchev–Trinajstić information content (AvgIpc) is 2.66. The minimum Gasteiger partial charge on any atom is -0.323 e. The molecule has 1 saturated carbocycles. The molecule has 0 bridgehead atoms. The molecule has 1 unspecified atom stereocenters. The highest BCUT2D eigenvalue weighted by Gasteiger charge is 2.46. The van der Waals surface area contributed by atoms with E-state index in [1.54, 1.807) is 12.1 Å². The smallest absolute Gasteiger partial charge is 0.269 e. The van der Waals surface area contributed by atoms with Crippen LogP contribution in [0.5, 0.6) is 0 Å². The van der Waals surface area contributed by atoms with E-state index in [-0.39, 0.29) is 22.1 Å². The maximum absolute atomic E-state index is 11.4. The van der Waals surface area contributed by atoms with Gasteiger partial charge < -0.3 is 5.73 Å². The molecular formula is C14H16N2O3. The van der Waals surface area contributed by atoms with Crippen molar-refractivity contribution in [1.82, 2.24) is 0 Å². The molecule has 5 nitrogen and oxygen atoms in total. The molecule has 2 N–H and O–H groups in total. The lowest BCUT2D eigenvalue weighted by Gasteiger charge is -2.36. The van der Waals surface area contributed by atoms with Crippen LogP contribution in [0.15, 0.2) is 18.2 Å². The third-order valence-electron chi connectivity index (χ3n) is 4.68. The summed E-state index contributed by atoms with van der Waals surface area (Å²) in [6, 6.07) is 4.78. The van der Waals surface area contributed by atoms with Gasteiger partial charge in [-0.15, -0.1) is 0 Å². The van der Waals surface area contributed by atoms with Crippen molar-refractivity contribution in [3.05, 3.63) is 39.4 Å². The van der Waals surface area contributed by atoms with E-state index in [1.807, 2.05) is 6.07 Å². The summed E-state index contributed by atoms with van der Waals surface area (Å²) < 4.78 is 0. The molecule has 0 saturated heterocycles. The number of carbonyl (C=O) groups excluding carboxylic acids is 1. The molecular weight excluding hydrogens is 244 g/mol. The first-order valence-corrected chi connectivity index (χ1v) is 6.56. The Morgan fingerprint density at radius 1 is 1.32 bits per heavy atom. The van der Waals surface area contributed by atoms with Gasteiger partial charge in [0.2, 0.25) is 0 Å². The van der Waals surface area contributed by atoms with Crippen molar-refractivity contribution in [2.45, 2.75) is 38.1 Å². The molecule has 0 amide bonds. The topological polar surface area (TPSA) is 86.2 Å². The molecule has 0 heterocycles. The average molecular weight is 260 g/mol. The molecule has 3 rings (SSSR count). The summed E-state index contributed by atoms with van der Waals surface area (Å²) in [5.74, 6) is 0.305. The first kappa shape index (κ1) is 12.3. The van der Waals surface area contributed by atoms with E-state index in [0.29, 0.717) is 18.6 Å². The van der Waals surface area contributed by atoms with Gasteiger partial charge in [-0.1, -0.05) is 6.07 Å². The van der Waals surface area contributed by atoms with Gasteiger partial charge in [0.15, 0.2) is 0 Å². The van der Waals surface area contributed by atoms with Crippen molar-refractivity contribution < 1.29 is 9.72 Å². The molecule has 1 aromatic carbocycles. The summed E-state index contributed by atoms with van der Waals surface area (Å²) in [5, 5.41) is 10.8. The first-order chi connectivity index (χ1) is 9.02. The van der Waals surface area contributed by atoms with Gasteiger partial charge in [0.25, 0.3) is 5.69 Å². The lowest BCUT2D eigenvalue weighted by molar-refractivity contribution is -0.384. The fourth-order valence-corrected chi connectivity index (χ4v) is 3.48. The summed E-state index contributed by atoms with van der Waals surface area (Å²) in [5.41, 5.74) is 8.36. The number of hydrogen-bond acceptors (Lipinski definition) is 4. The van der Waals surface area contributed by atoms with E-state index >= 15 is 0 Å². The maximum atomic E-state index is 11.4. The first-order valence-electron chi connectivity index (χ1n) is 6.56. The lowest BCUT2D eigenvalue weighted by atomic mass is 9.69. The Hall–Kier alpha value is -1.75. The van der Waals surface area contributed by atoms with Crippen LogP contribution in [0.2, 0.25) is 0 Å². The van der Waals surface area contributed by atoms with E-state index in [0.717, 1.165) is 30.4 Å². The van der Waals surface area contributed by atoms with E-state index in [4.69, 9.17) is 5.73 Å². The van der Waals surface area contributed by atoms with Crippen LogP contribution >= 0.6 is 0 Å². The van der Waals surface area contributed by atoms with E-state index in [1.165, 1.54) is 0 Å². The van der Waals surface area contributed by atoms with Gasteiger partial charge in [0.05, 0.1) is 4.92 Å². The largest absolute Gasteiger partial charge is 0.323 e. The highest BCUT2D eigenvalue weighted by molar-refractivity contribution is 5.79. The molecule has 0 aromatic heterocycles. The van der Waals surface area contributed by atoms with Crippen molar-refractivity contribution >= 4 is 11.5 Å². The predicted octanol–water partition coefficient (Wildman–Crippen LogP) is 2.28. The second-order valence-corrected chi connectivity index (χ2v) is 5.70. The Morgan fingerprint density at radius 3 is 2.63 bits per heavy atom. The molecule has 5 heteroatoms. The molecule has 2 aliphatic carbocycles. The summed E-state index contributed by atoms with van der Waals surface area (Å²) in [6.45, 7) is 0. The number of benzene rings is 1. The van der Waals surface area contributed by atoms with Crippen molar-refractivity contribution in [2.24, 2.45) is 11.1 Å². The minimum absolute atomic E-state index is 0.0640. The van der Waals surface area contributed by atoms with Crippen LogP contribution in [-0.4, -0.2) is 10.7 Å². The minimum atomic E-state index is -0.387. The zero-order valence-electron chi connectivity index (χ0n) is 10.6. The Kier molecular flexibility index (Phi) is 2.67. The number of ketones is 1. The molecule has 1 atom stereocenters. The second kappa shape index (κ2) is 4.13. The number of nitro groups is 1. The molecule has 1 spiro atoms. The molecule has 2 aliphatic rings. The summed E-state index contributed by atoms with van der Waals surface area (Å²) in [4.78, 5) is 21.8. The summed E-state index contributed by atoms with van der Waals surface area (Å²) in [7, 11) is 0. The molecule has 100 valence electrons. The number of rotatable bonds is 1. The van der Waals surface area contributed by atoms with Crippen LogP contribution in [0.1, 0.15) is 42.9 Å². The Bertz CT molecular complexity index is 558. The Morgan fingerprint density at radius 2 is 2.00 bits per heavy atom. The van der Waals surface area contributed by atoms with Crippen LogP contribution < -0.4 is 5.73 Å². The van der Waals surface area contributed by atoms with E-state index in [2.05, 4.69) is 0 Å². The Balaban J connectivity index is 1.95. The molecule has 1 fully saturated rings. The van der Waals surface area contributed by atoms with Gasteiger partial charge in [0.1, 0.15) is 5.78 Å². The van der Waals surface area contributed by atoms with Crippen LogP contribution in [0, 0.1) is 15.5 Å². The zero-order valence-corrected chi connectivity index (χ0v) is 10.6. The number of carbonyl (C=O) groups is 1. The quantitative estimate of drug-likeness (QED) is 0.620. The maximum Gasteiger partial charge on any atom is 0.269 e. The monoisotopic (exact) mass is 260 g/mol. The SMILES string of the molecule is NC1c2cc([N+](=O)[O-])ccc2CC12CCC(=O)CC2. The molecule has 0 aliphatic heterocycles. The fourth-order valence-electron chi connectivity index (χ4n) is 3.48. The number of nitro benzene ring substituents is 1. The van der Waals surface area contributed by atoms with Crippen LogP contribution in [-0.2, 0) is 11.2 Å². The number of nitrogens with two attached hydrogens (primary N) is 1. The van der Waals surface area contributed by atoms with Gasteiger partial charge in [-0.3, -0.25) is 14.9 Å². The van der Waals surface area contributed by atoms with Gasteiger partial charge in [0, 0.05) is 31.0 Å².